The average Bonchev–Trinajstić information content (AvgIpc) is 2.59. The molecule has 2 heteroatoms. The minimum atomic E-state index is 0.583. The van der Waals surface area contributed by atoms with Gasteiger partial charge in [0.1, 0.15) is 0 Å². The largest absolute Gasteiger partial charge is 0.265 e. The lowest BCUT2D eigenvalue weighted by Gasteiger charge is -2.06. The van der Waals surface area contributed by atoms with E-state index in [0.717, 1.165) is 6.54 Å². The first-order chi connectivity index (χ1) is 6.72. The Bertz CT molecular complexity index is 441. The van der Waals surface area contributed by atoms with Gasteiger partial charge in [0.2, 0.25) is 0 Å². The minimum Gasteiger partial charge on any atom is -0.265 e. The Hall–Kier alpha value is -1.31. The van der Waals surface area contributed by atoms with E-state index >= 15 is 0 Å². The van der Waals surface area contributed by atoms with E-state index in [9.17, 15) is 0 Å². The van der Waals surface area contributed by atoms with E-state index in [0.29, 0.717) is 5.92 Å². The molecule has 2 nitrogen and oxygen atoms in total. The quantitative estimate of drug-likeness (QED) is 0.707. The van der Waals surface area contributed by atoms with Gasteiger partial charge in [-0.2, -0.15) is 5.10 Å². The van der Waals surface area contributed by atoms with Crippen LogP contribution in [0.1, 0.15) is 32.3 Å². The molecule has 0 aliphatic carbocycles. The van der Waals surface area contributed by atoms with E-state index in [1.165, 1.54) is 16.5 Å². The maximum atomic E-state index is 4.33. The summed E-state index contributed by atoms with van der Waals surface area (Å²) in [7, 11) is 0. The fourth-order valence-corrected chi connectivity index (χ4v) is 1.70. The molecule has 0 atom stereocenters. The first-order valence-electron chi connectivity index (χ1n) is 5.18. The number of aryl methyl sites for hydroxylation is 1. The molecule has 1 heterocycles. The highest BCUT2D eigenvalue weighted by Crippen LogP contribution is 2.20. The second-order valence-corrected chi connectivity index (χ2v) is 3.93. The van der Waals surface area contributed by atoms with Gasteiger partial charge in [-0.1, -0.05) is 26.0 Å². The topological polar surface area (TPSA) is 17.8 Å². The Morgan fingerprint density at radius 2 is 2.14 bits per heavy atom. The van der Waals surface area contributed by atoms with Gasteiger partial charge >= 0.3 is 0 Å². The molecule has 1 aromatic carbocycles. The molecule has 74 valence electrons. The summed E-state index contributed by atoms with van der Waals surface area (Å²) in [6, 6.07) is 6.59. The predicted octanol–water partition coefficient (Wildman–Crippen LogP) is 3.18. The van der Waals surface area contributed by atoms with Gasteiger partial charge in [-0.25, -0.2) is 0 Å². The van der Waals surface area contributed by atoms with Crippen molar-refractivity contribution in [2.75, 3.05) is 0 Å². The fourth-order valence-electron chi connectivity index (χ4n) is 1.70. The van der Waals surface area contributed by atoms with Gasteiger partial charge in [0.15, 0.2) is 0 Å². The highest BCUT2D eigenvalue weighted by molar-refractivity contribution is 5.79. The summed E-state index contributed by atoms with van der Waals surface area (Å²) >= 11 is 0. The van der Waals surface area contributed by atoms with Crippen molar-refractivity contribution in [1.82, 2.24) is 9.78 Å². The standard InChI is InChI=1S/C12H16N2/c1-4-14-12-7-10(9(2)3)5-6-11(12)8-13-14/h5-9H,4H2,1-3H3. The van der Waals surface area contributed by atoms with Crippen LogP contribution in [0, 0.1) is 0 Å². The summed E-state index contributed by atoms with van der Waals surface area (Å²) in [5, 5.41) is 5.56. The normalized spacial score (nSPS) is 11.4. The Balaban J connectivity index is 2.61. The molecule has 1 aromatic heterocycles. The van der Waals surface area contributed by atoms with Crippen molar-refractivity contribution in [3.8, 4) is 0 Å². The molecule has 0 N–H and O–H groups in total. The lowest BCUT2D eigenvalue weighted by Crippen LogP contribution is -1.96. The van der Waals surface area contributed by atoms with E-state index < -0.39 is 0 Å². The lowest BCUT2D eigenvalue weighted by atomic mass is 10.0. The van der Waals surface area contributed by atoms with Crippen LogP contribution in [0.3, 0.4) is 0 Å². The van der Waals surface area contributed by atoms with Gasteiger partial charge in [0, 0.05) is 11.9 Å². The number of rotatable bonds is 2. The van der Waals surface area contributed by atoms with Crippen molar-refractivity contribution in [2.24, 2.45) is 0 Å². The molecule has 14 heavy (non-hydrogen) atoms. The number of fused-ring (bicyclic) bond motifs is 1. The molecule has 0 saturated carbocycles. The third kappa shape index (κ3) is 1.41. The van der Waals surface area contributed by atoms with Crippen molar-refractivity contribution < 1.29 is 0 Å². The van der Waals surface area contributed by atoms with Crippen LogP contribution in [-0.2, 0) is 6.54 Å². The molecule has 2 rings (SSSR count). The van der Waals surface area contributed by atoms with Crippen LogP contribution < -0.4 is 0 Å². The number of benzene rings is 1. The van der Waals surface area contributed by atoms with Gasteiger partial charge in [-0.15, -0.1) is 0 Å². The van der Waals surface area contributed by atoms with Crippen molar-refractivity contribution in [3.63, 3.8) is 0 Å². The van der Waals surface area contributed by atoms with Crippen molar-refractivity contribution in [3.05, 3.63) is 30.0 Å². The molecule has 0 unspecified atom stereocenters. The third-order valence-electron chi connectivity index (χ3n) is 2.63. The summed E-state index contributed by atoms with van der Waals surface area (Å²) in [6.45, 7) is 7.49. The summed E-state index contributed by atoms with van der Waals surface area (Å²) in [4.78, 5) is 0. The van der Waals surface area contributed by atoms with Crippen molar-refractivity contribution in [1.29, 1.82) is 0 Å². The molecular formula is C12H16N2. The smallest absolute Gasteiger partial charge is 0.0685 e. The molecule has 0 amide bonds. The van der Waals surface area contributed by atoms with E-state index in [2.05, 4.69) is 44.1 Å². The summed E-state index contributed by atoms with van der Waals surface area (Å²) in [5.74, 6) is 0.583. The van der Waals surface area contributed by atoms with Crippen LogP contribution in [0.2, 0.25) is 0 Å². The van der Waals surface area contributed by atoms with Crippen molar-refractivity contribution in [2.45, 2.75) is 33.2 Å². The maximum Gasteiger partial charge on any atom is 0.0685 e. The first-order valence-corrected chi connectivity index (χ1v) is 5.18. The van der Waals surface area contributed by atoms with E-state index in [1.807, 2.05) is 10.9 Å². The van der Waals surface area contributed by atoms with Crippen LogP contribution in [0.5, 0.6) is 0 Å². The van der Waals surface area contributed by atoms with E-state index in [4.69, 9.17) is 0 Å². The summed E-state index contributed by atoms with van der Waals surface area (Å²) in [6.07, 6.45) is 1.93. The Morgan fingerprint density at radius 3 is 2.79 bits per heavy atom. The van der Waals surface area contributed by atoms with Gasteiger partial charge in [-0.05, 0) is 24.5 Å². The predicted molar refractivity (Wildman–Crippen MR) is 59.5 cm³/mol. The third-order valence-corrected chi connectivity index (χ3v) is 2.63. The average molecular weight is 188 g/mol. The second kappa shape index (κ2) is 3.45. The fraction of sp³-hybridized carbons (Fsp3) is 0.417. The van der Waals surface area contributed by atoms with Crippen LogP contribution in [-0.4, -0.2) is 9.78 Å². The summed E-state index contributed by atoms with van der Waals surface area (Å²) < 4.78 is 2.04. The summed E-state index contributed by atoms with van der Waals surface area (Å²) in [5.41, 5.74) is 2.63. The van der Waals surface area contributed by atoms with Crippen LogP contribution >= 0.6 is 0 Å². The molecule has 0 aliphatic rings. The number of hydrogen-bond acceptors (Lipinski definition) is 1. The minimum absolute atomic E-state index is 0.583. The molecular weight excluding hydrogens is 172 g/mol. The molecule has 0 fully saturated rings. The number of hydrogen-bond donors (Lipinski definition) is 0. The van der Waals surface area contributed by atoms with Gasteiger partial charge in [-0.3, -0.25) is 4.68 Å². The van der Waals surface area contributed by atoms with Crippen LogP contribution in [0.4, 0.5) is 0 Å². The molecule has 0 bridgehead atoms. The second-order valence-electron chi connectivity index (χ2n) is 3.93. The van der Waals surface area contributed by atoms with Crippen molar-refractivity contribution >= 4 is 10.9 Å². The number of aromatic nitrogens is 2. The Labute approximate surface area is 84.5 Å². The van der Waals surface area contributed by atoms with Gasteiger partial charge in [0.05, 0.1) is 11.7 Å². The molecule has 0 aliphatic heterocycles. The van der Waals surface area contributed by atoms with Gasteiger partial charge in [0.25, 0.3) is 0 Å². The maximum absolute atomic E-state index is 4.33. The highest BCUT2D eigenvalue weighted by atomic mass is 15.3. The zero-order chi connectivity index (χ0) is 10.1. The zero-order valence-electron chi connectivity index (χ0n) is 8.99. The van der Waals surface area contributed by atoms with Crippen LogP contribution in [0.15, 0.2) is 24.4 Å². The van der Waals surface area contributed by atoms with E-state index in [-0.39, 0.29) is 0 Å². The monoisotopic (exact) mass is 188 g/mol. The zero-order valence-corrected chi connectivity index (χ0v) is 8.99. The van der Waals surface area contributed by atoms with Gasteiger partial charge < -0.3 is 0 Å². The van der Waals surface area contributed by atoms with Crippen LogP contribution in [0.25, 0.3) is 10.9 Å². The lowest BCUT2D eigenvalue weighted by molar-refractivity contribution is 0.683. The Morgan fingerprint density at radius 1 is 1.36 bits per heavy atom. The highest BCUT2D eigenvalue weighted by Gasteiger charge is 2.04. The molecule has 0 saturated heterocycles. The Kier molecular flexibility index (Phi) is 2.28. The first kappa shape index (κ1) is 9.25. The molecule has 0 spiro atoms. The number of nitrogens with zero attached hydrogens (tertiary/aromatic N) is 2. The SMILES string of the molecule is CCn1ncc2ccc(C(C)C)cc21. The molecule has 0 radical (unpaired) electrons. The molecule has 2 aromatic rings. The van der Waals surface area contributed by atoms with E-state index in [1.54, 1.807) is 0 Å².